The predicted octanol–water partition coefficient (Wildman–Crippen LogP) is 5.65. The van der Waals surface area contributed by atoms with Crippen molar-refractivity contribution in [3.8, 4) is 34.8 Å². The van der Waals surface area contributed by atoms with Gasteiger partial charge in [-0.15, -0.1) is 0 Å². The number of allylic oxidation sites excluding steroid dienone is 1. The molecule has 2 heterocycles. The van der Waals surface area contributed by atoms with E-state index in [1.165, 1.54) is 19.2 Å². The number of nitrogens with one attached hydrogen (secondary N) is 2. The molecule has 5 aliphatic rings. The molecule has 14 heteroatoms. The molecule has 3 aromatic carbocycles. The van der Waals surface area contributed by atoms with Crippen LogP contribution in [0.2, 0.25) is 0 Å². The third kappa shape index (κ3) is 9.64. The normalized spacial score (nSPS) is 29.8. The molecule has 12 atom stereocenters. The molecule has 0 radical (unpaired) electrons. The molecule has 12 unspecified atom stereocenters. The summed E-state index contributed by atoms with van der Waals surface area (Å²) in [5.74, 6) is 4.05. The predicted molar refractivity (Wildman–Crippen MR) is 257 cm³/mol. The Bertz CT molecular complexity index is 2660. The minimum absolute atomic E-state index is 0.0177. The number of aromatic amines is 1. The van der Waals surface area contributed by atoms with Crippen molar-refractivity contribution in [2.24, 2.45) is 35.0 Å². The topological polar surface area (TPSA) is 228 Å². The molecular formula is C55H64N2O12. The third-order valence-electron chi connectivity index (χ3n) is 16.0. The lowest BCUT2D eigenvalue weighted by atomic mass is 9.46. The molecule has 2 bridgehead atoms. The lowest BCUT2D eigenvalue weighted by Gasteiger charge is -2.58. The standard InChI is InChI=1S/C55H64N2O12/c1-30(60)28-56-34-20-33(29-59)55(27-34)26-32-19-43-40-24-48(65)49(67-2)25-41(40)42(53(32)39-13-12-35(61)22-44(39)55)21-36(62)23-51(47(64)17-31-11-14-46(63)50(18-31)68-16-15-58)69-52(66)10-6-4-8-38-37-7-3-5-9-45(37)57-54(38)43/h3,5,7,9,11,14,18-19,24-25,29-30,32-35,39,42,44,47,51,53,56-58,60-61,63-65H,8,10,12-13,15-17,20-23,26-28H2,1-2H3. The van der Waals surface area contributed by atoms with Gasteiger partial charge in [0.2, 0.25) is 0 Å². The van der Waals surface area contributed by atoms with Gasteiger partial charge in [-0.25, -0.2) is 0 Å². The Balaban J connectivity index is 1.21. The maximum absolute atomic E-state index is 15.1. The van der Waals surface area contributed by atoms with Gasteiger partial charge in [0.15, 0.2) is 23.0 Å². The SMILES string of the molecule is COc1cc2c(cc1O)C1=CC3CC4(CC(NCC(C)O)CC4C=O)C4CC(O)CCC4C3C2CC(=O)CC(C(O)Cc2ccc(O)c(OCCO)c2)OC(=O)CC#CCc2c1[nH]c1ccccc21. The first-order valence-electron chi connectivity index (χ1n) is 24.5. The summed E-state index contributed by atoms with van der Waals surface area (Å²) in [7, 11) is 1.49. The molecule has 1 spiro atoms. The Hall–Kier alpha value is -5.69. The highest BCUT2D eigenvalue weighted by Crippen LogP contribution is 2.67. The number of phenolic OH excluding ortho intramolecular Hbond substituents is 2. The molecule has 0 saturated heterocycles. The maximum atomic E-state index is 15.1. The summed E-state index contributed by atoms with van der Waals surface area (Å²) in [5.41, 5.74) is 4.93. The fourth-order valence-electron chi connectivity index (χ4n) is 13.2. The highest BCUT2D eigenvalue weighted by atomic mass is 16.6. The van der Waals surface area contributed by atoms with E-state index < -0.39 is 41.7 Å². The van der Waals surface area contributed by atoms with Crippen LogP contribution in [-0.4, -0.2) is 111 Å². The van der Waals surface area contributed by atoms with Gasteiger partial charge in [0, 0.05) is 60.7 Å². The maximum Gasteiger partial charge on any atom is 0.318 e. The van der Waals surface area contributed by atoms with Crippen molar-refractivity contribution in [1.82, 2.24) is 10.3 Å². The van der Waals surface area contributed by atoms with Gasteiger partial charge in [0.25, 0.3) is 0 Å². The zero-order valence-corrected chi connectivity index (χ0v) is 39.2. The van der Waals surface area contributed by atoms with Crippen LogP contribution in [0.4, 0.5) is 0 Å². The van der Waals surface area contributed by atoms with Gasteiger partial charge in [0.1, 0.15) is 31.2 Å². The number of esters is 1. The third-order valence-corrected chi connectivity index (χ3v) is 16.0. The number of fused-ring (bicyclic) bond motifs is 9. The Kier molecular flexibility index (Phi) is 14.2. The van der Waals surface area contributed by atoms with E-state index in [0.29, 0.717) is 50.6 Å². The number of aldehydes is 1. The second kappa shape index (κ2) is 20.3. The van der Waals surface area contributed by atoms with Crippen LogP contribution >= 0.6 is 0 Å². The zero-order chi connectivity index (χ0) is 48.6. The number of aliphatic hydroxyl groups is 4. The van der Waals surface area contributed by atoms with Gasteiger partial charge in [-0.2, -0.15) is 0 Å². The number of aliphatic hydroxyl groups excluding tert-OH is 4. The minimum atomic E-state index is -1.36. The average molecular weight is 945 g/mol. The first kappa shape index (κ1) is 48.3. The molecule has 1 aromatic heterocycles. The molecule has 3 fully saturated rings. The molecule has 69 heavy (non-hydrogen) atoms. The summed E-state index contributed by atoms with van der Waals surface area (Å²) in [5, 5.41) is 69.5. The van der Waals surface area contributed by atoms with Crippen LogP contribution in [-0.2, 0) is 32.0 Å². The first-order chi connectivity index (χ1) is 33.3. The quantitative estimate of drug-likeness (QED) is 0.0518. The second-order valence-electron chi connectivity index (χ2n) is 20.2. The zero-order valence-electron chi connectivity index (χ0n) is 39.2. The van der Waals surface area contributed by atoms with Gasteiger partial charge in [0.05, 0.1) is 37.7 Å². The summed E-state index contributed by atoms with van der Waals surface area (Å²) in [4.78, 5) is 45.9. The first-order valence-corrected chi connectivity index (χ1v) is 24.5. The number of rotatable bonds is 11. The van der Waals surface area contributed by atoms with Crippen molar-refractivity contribution in [1.29, 1.82) is 0 Å². The van der Waals surface area contributed by atoms with Gasteiger partial charge in [-0.05, 0) is 133 Å². The van der Waals surface area contributed by atoms with Crippen molar-refractivity contribution in [3.63, 3.8) is 0 Å². The number of hydrogen-bond donors (Lipinski definition) is 8. The molecule has 4 aliphatic carbocycles. The van der Waals surface area contributed by atoms with Gasteiger partial charge in [-0.3, -0.25) is 9.59 Å². The van der Waals surface area contributed by atoms with Crippen LogP contribution in [0.15, 0.2) is 60.7 Å². The van der Waals surface area contributed by atoms with Crippen LogP contribution < -0.4 is 14.8 Å². The number of benzene rings is 3. The Morgan fingerprint density at radius 3 is 2.58 bits per heavy atom. The van der Waals surface area contributed by atoms with E-state index in [0.717, 1.165) is 45.1 Å². The van der Waals surface area contributed by atoms with Gasteiger partial charge in [-0.1, -0.05) is 42.2 Å². The summed E-state index contributed by atoms with van der Waals surface area (Å²) < 4.78 is 17.3. The monoisotopic (exact) mass is 944 g/mol. The number of para-hydroxylation sites is 1. The van der Waals surface area contributed by atoms with Crippen LogP contribution in [0.5, 0.6) is 23.0 Å². The number of aromatic hydroxyl groups is 2. The van der Waals surface area contributed by atoms with Gasteiger partial charge >= 0.3 is 5.97 Å². The number of ether oxygens (including phenoxy) is 3. The smallest absolute Gasteiger partial charge is 0.318 e. The second-order valence-corrected chi connectivity index (χ2v) is 20.2. The molecular weight excluding hydrogens is 881 g/mol. The van der Waals surface area contributed by atoms with E-state index in [9.17, 15) is 40.2 Å². The molecule has 14 nitrogen and oxygen atoms in total. The lowest BCUT2D eigenvalue weighted by Crippen LogP contribution is -2.53. The fourth-order valence-corrected chi connectivity index (χ4v) is 13.2. The lowest BCUT2D eigenvalue weighted by molar-refractivity contribution is -0.155. The summed E-state index contributed by atoms with van der Waals surface area (Å²) in [6.45, 7) is 1.79. The van der Waals surface area contributed by atoms with E-state index >= 15 is 4.79 Å². The molecule has 0 amide bonds. The van der Waals surface area contributed by atoms with Crippen LogP contribution in [0, 0.1) is 46.8 Å². The van der Waals surface area contributed by atoms with E-state index in [2.05, 4.69) is 28.2 Å². The number of H-pyrrole nitrogens is 1. The van der Waals surface area contributed by atoms with E-state index in [1.807, 2.05) is 30.3 Å². The number of cyclic esters (lactones) is 1. The molecule has 4 aromatic rings. The summed E-state index contributed by atoms with van der Waals surface area (Å²) in [6, 6.07) is 16.0. The number of Topliss-reactive ketones (excluding diaryl/α,β-unsaturated/α-hetero) is 1. The van der Waals surface area contributed by atoms with Crippen molar-refractivity contribution < 1.29 is 59.2 Å². The average Bonchev–Trinajstić information content (AvgIpc) is 3.84. The molecule has 9 rings (SSSR count). The highest BCUT2D eigenvalue weighted by Gasteiger charge is 2.62. The Labute approximate surface area is 402 Å². The largest absolute Gasteiger partial charge is 0.504 e. The fraction of sp³-hybridized carbons (Fsp3) is 0.509. The van der Waals surface area contributed by atoms with Crippen molar-refractivity contribution in [2.45, 2.75) is 114 Å². The van der Waals surface area contributed by atoms with Crippen LogP contribution in [0.1, 0.15) is 98.6 Å². The summed E-state index contributed by atoms with van der Waals surface area (Å²) in [6.07, 6.45) is 2.80. The number of carbonyl (C=O) groups is 3. The van der Waals surface area contributed by atoms with Gasteiger partial charge < -0.3 is 59.9 Å². The van der Waals surface area contributed by atoms with Crippen molar-refractivity contribution >= 4 is 34.5 Å². The van der Waals surface area contributed by atoms with E-state index in [1.54, 1.807) is 19.1 Å². The molecule has 8 N–H and O–H groups in total. The molecule has 366 valence electrons. The highest BCUT2D eigenvalue weighted by molar-refractivity contribution is 5.94. The van der Waals surface area contributed by atoms with Crippen molar-refractivity contribution in [2.75, 3.05) is 26.9 Å². The number of hydrogen-bond acceptors (Lipinski definition) is 13. The van der Waals surface area contributed by atoms with Crippen molar-refractivity contribution in [3.05, 3.63) is 88.6 Å². The molecule has 1 aliphatic heterocycles. The minimum Gasteiger partial charge on any atom is -0.504 e. The van der Waals surface area contributed by atoms with Crippen LogP contribution in [0.3, 0.4) is 0 Å². The number of phenols is 2. The summed E-state index contributed by atoms with van der Waals surface area (Å²) >= 11 is 0. The van der Waals surface area contributed by atoms with E-state index in [-0.39, 0.29) is 110 Å². The number of methoxy groups -OCH3 is 1. The number of ketones is 1. The Morgan fingerprint density at radius 2 is 1.80 bits per heavy atom. The number of aromatic nitrogens is 1. The molecule has 3 saturated carbocycles. The number of carbonyl (C=O) groups excluding carboxylic acids is 3. The van der Waals surface area contributed by atoms with Crippen LogP contribution in [0.25, 0.3) is 16.5 Å². The van der Waals surface area contributed by atoms with E-state index in [4.69, 9.17) is 14.2 Å². The Morgan fingerprint density at radius 1 is 0.986 bits per heavy atom.